The number of rotatable bonds is 3. The van der Waals surface area contributed by atoms with Crippen LogP contribution in [0.25, 0.3) is 0 Å². The predicted molar refractivity (Wildman–Crippen MR) is 69.4 cm³/mol. The van der Waals surface area contributed by atoms with E-state index in [0.29, 0.717) is 25.9 Å². The Labute approximate surface area is 111 Å². The molecule has 0 atom stereocenters. The van der Waals surface area contributed by atoms with Crippen LogP contribution in [0, 0.1) is 11.7 Å². The lowest BCUT2D eigenvalue weighted by molar-refractivity contribution is 0.170. The molecule has 2 rings (SSSR count). The van der Waals surface area contributed by atoms with Gasteiger partial charge in [0.15, 0.2) is 0 Å². The Bertz CT molecular complexity index is 554. The minimum atomic E-state index is -3.68. The van der Waals surface area contributed by atoms with E-state index in [9.17, 15) is 12.8 Å². The fraction of sp³-hybridized carbons (Fsp3) is 0.500. The van der Waals surface area contributed by atoms with Gasteiger partial charge in [-0.25, -0.2) is 12.8 Å². The molecule has 3 N–H and O–H groups in total. The normalized spacial score (nSPS) is 18.6. The highest BCUT2D eigenvalue weighted by Crippen LogP contribution is 2.27. The van der Waals surface area contributed by atoms with Crippen LogP contribution in [0.4, 0.5) is 10.1 Å². The first kappa shape index (κ1) is 14.2. The maximum Gasteiger partial charge on any atom is 0.245 e. The van der Waals surface area contributed by atoms with Crippen LogP contribution >= 0.6 is 0 Å². The second-order valence-electron chi connectivity index (χ2n) is 4.71. The molecule has 0 saturated carbocycles. The lowest BCUT2D eigenvalue weighted by Gasteiger charge is -2.30. The largest absolute Gasteiger partial charge is 0.398 e. The summed E-state index contributed by atoms with van der Waals surface area (Å²) in [7, 11) is -3.68. The van der Waals surface area contributed by atoms with E-state index < -0.39 is 15.8 Å². The van der Waals surface area contributed by atoms with Crippen molar-refractivity contribution in [3.63, 3.8) is 0 Å². The summed E-state index contributed by atoms with van der Waals surface area (Å²) in [4.78, 5) is -0.0589. The van der Waals surface area contributed by atoms with Crippen molar-refractivity contribution in [2.75, 3.05) is 25.4 Å². The Morgan fingerprint density at radius 1 is 1.37 bits per heavy atom. The van der Waals surface area contributed by atoms with E-state index in [2.05, 4.69) is 0 Å². The number of aliphatic hydroxyl groups is 1. The maximum atomic E-state index is 13.0. The molecule has 0 aliphatic carbocycles. The predicted octanol–water partition coefficient (Wildman–Crippen LogP) is 0.801. The SMILES string of the molecule is Nc1cc(F)ccc1S(=O)(=O)N1CCC(CO)CC1. The number of nitrogen functional groups attached to an aromatic ring is 1. The summed E-state index contributed by atoms with van der Waals surface area (Å²) in [5.74, 6) is -0.410. The van der Waals surface area contributed by atoms with Gasteiger partial charge in [0.25, 0.3) is 0 Å². The number of benzene rings is 1. The number of aliphatic hydroxyl groups excluding tert-OH is 1. The smallest absolute Gasteiger partial charge is 0.245 e. The van der Waals surface area contributed by atoms with Gasteiger partial charge in [0.05, 0.1) is 5.69 Å². The van der Waals surface area contributed by atoms with Gasteiger partial charge in [0, 0.05) is 19.7 Å². The van der Waals surface area contributed by atoms with Crippen molar-refractivity contribution < 1.29 is 17.9 Å². The maximum absolute atomic E-state index is 13.0. The molecule has 0 amide bonds. The summed E-state index contributed by atoms with van der Waals surface area (Å²) in [6.45, 7) is 0.779. The Morgan fingerprint density at radius 2 is 2.00 bits per heavy atom. The summed E-state index contributed by atoms with van der Waals surface area (Å²) in [5.41, 5.74) is 5.50. The summed E-state index contributed by atoms with van der Waals surface area (Å²) in [6.07, 6.45) is 1.24. The van der Waals surface area contributed by atoms with E-state index >= 15 is 0 Å². The quantitative estimate of drug-likeness (QED) is 0.806. The van der Waals surface area contributed by atoms with Crippen molar-refractivity contribution in [3.8, 4) is 0 Å². The third kappa shape index (κ3) is 2.88. The second-order valence-corrected chi connectivity index (χ2v) is 6.62. The molecule has 1 fully saturated rings. The van der Waals surface area contributed by atoms with Crippen LogP contribution in [0.15, 0.2) is 23.1 Å². The fourth-order valence-electron chi connectivity index (χ4n) is 2.23. The average molecular weight is 288 g/mol. The lowest BCUT2D eigenvalue weighted by atomic mass is 10.00. The molecule has 106 valence electrons. The van der Waals surface area contributed by atoms with Gasteiger partial charge in [-0.1, -0.05) is 0 Å². The Morgan fingerprint density at radius 3 is 2.53 bits per heavy atom. The first-order chi connectivity index (χ1) is 8.95. The third-order valence-electron chi connectivity index (χ3n) is 3.42. The number of anilines is 1. The van der Waals surface area contributed by atoms with Crippen LogP contribution in [0.3, 0.4) is 0 Å². The van der Waals surface area contributed by atoms with Crippen molar-refractivity contribution in [2.45, 2.75) is 17.7 Å². The standard InChI is InChI=1S/C12H17FN2O3S/c13-10-1-2-12(11(14)7-10)19(17,18)15-5-3-9(8-16)4-6-15/h1-2,7,9,16H,3-6,8,14H2. The van der Waals surface area contributed by atoms with Gasteiger partial charge in [0.2, 0.25) is 10.0 Å². The molecular weight excluding hydrogens is 271 g/mol. The molecule has 0 bridgehead atoms. The number of hydrogen-bond acceptors (Lipinski definition) is 4. The summed E-state index contributed by atoms with van der Waals surface area (Å²) in [6, 6.07) is 3.29. The van der Waals surface area contributed by atoms with Crippen molar-refractivity contribution in [2.24, 2.45) is 5.92 Å². The number of nitrogens with zero attached hydrogens (tertiary/aromatic N) is 1. The molecule has 1 aliphatic heterocycles. The zero-order valence-corrected chi connectivity index (χ0v) is 11.2. The van der Waals surface area contributed by atoms with Gasteiger partial charge >= 0.3 is 0 Å². The number of halogens is 1. The molecule has 0 aromatic heterocycles. The van der Waals surface area contributed by atoms with Crippen LogP contribution < -0.4 is 5.73 Å². The number of piperidine rings is 1. The van der Waals surface area contributed by atoms with Crippen molar-refractivity contribution >= 4 is 15.7 Å². The lowest BCUT2D eigenvalue weighted by Crippen LogP contribution is -2.39. The van der Waals surface area contributed by atoms with E-state index in [1.165, 1.54) is 10.4 Å². The highest BCUT2D eigenvalue weighted by molar-refractivity contribution is 7.89. The summed E-state index contributed by atoms with van der Waals surface area (Å²) >= 11 is 0. The van der Waals surface area contributed by atoms with Gasteiger partial charge in [0.1, 0.15) is 10.7 Å². The Hall–Kier alpha value is -1.18. The molecule has 0 unspecified atom stereocenters. The number of sulfonamides is 1. The van der Waals surface area contributed by atoms with Gasteiger partial charge < -0.3 is 10.8 Å². The molecule has 1 saturated heterocycles. The first-order valence-corrected chi connectivity index (χ1v) is 7.55. The zero-order valence-electron chi connectivity index (χ0n) is 10.4. The van der Waals surface area contributed by atoms with Crippen LogP contribution in [-0.4, -0.2) is 37.5 Å². The van der Waals surface area contributed by atoms with E-state index in [4.69, 9.17) is 10.8 Å². The highest BCUT2D eigenvalue weighted by atomic mass is 32.2. The average Bonchev–Trinajstić information content (AvgIpc) is 2.38. The van der Waals surface area contributed by atoms with Gasteiger partial charge in [-0.2, -0.15) is 4.31 Å². The molecule has 0 radical (unpaired) electrons. The van der Waals surface area contributed by atoms with Crippen LogP contribution in [0.2, 0.25) is 0 Å². The van der Waals surface area contributed by atoms with E-state index in [1.807, 2.05) is 0 Å². The van der Waals surface area contributed by atoms with E-state index in [1.54, 1.807) is 0 Å². The van der Waals surface area contributed by atoms with E-state index in [0.717, 1.165) is 12.1 Å². The zero-order chi connectivity index (χ0) is 14.0. The van der Waals surface area contributed by atoms with Crippen LogP contribution in [0.5, 0.6) is 0 Å². The number of nitrogens with two attached hydrogens (primary N) is 1. The molecule has 5 nitrogen and oxygen atoms in total. The molecule has 1 heterocycles. The van der Waals surface area contributed by atoms with Crippen LogP contribution in [0.1, 0.15) is 12.8 Å². The van der Waals surface area contributed by atoms with Crippen molar-refractivity contribution in [1.29, 1.82) is 0 Å². The molecule has 19 heavy (non-hydrogen) atoms. The van der Waals surface area contributed by atoms with E-state index in [-0.39, 0.29) is 23.1 Å². The second kappa shape index (κ2) is 5.44. The van der Waals surface area contributed by atoms with Gasteiger partial charge in [-0.15, -0.1) is 0 Å². The first-order valence-electron chi connectivity index (χ1n) is 6.11. The molecule has 1 aromatic rings. The highest BCUT2D eigenvalue weighted by Gasteiger charge is 2.30. The topological polar surface area (TPSA) is 83.6 Å². The molecule has 0 spiro atoms. The Kier molecular flexibility index (Phi) is 4.07. The fourth-order valence-corrected chi connectivity index (χ4v) is 3.79. The monoisotopic (exact) mass is 288 g/mol. The van der Waals surface area contributed by atoms with Gasteiger partial charge in [-0.3, -0.25) is 0 Å². The van der Waals surface area contributed by atoms with Crippen molar-refractivity contribution in [1.82, 2.24) is 4.31 Å². The summed E-state index contributed by atoms with van der Waals surface area (Å²) in [5, 5.41) is 9.04. The molecule has 7 heteroatoms. The Balaban J connectivity index is 2.23. The minimum Gasteiger partial charge on any atom is -0.398 e. The molecule has 1 aliphatic rings. The minimum absolute atomic E-state index is 0.0589. The van der Waals surface area contributed by atoms with Crippen molar-refractivity contribution in [3.05, 3.63) is 24.0 Å². The third-order valence-corrected chi connectivity index (χ3v) is 5.39. The summed E-state index contributed by atoms with van der Waals surface area (Å²) < 4.78 is 39.0. The van der Waals surface area contributed by atoms with Gasteiger partial charge in [-0.05, 0) is 37.0 Å². The number of hydrogen-bond donors (Lipinski definition) is 2. The van der Waals surface area contributed by atoms with Crippen LogP contribution in [-0.2, 0) is 10.0 Å². The molecular formula is C12H17FN2O3S. The molecule has 1 aromatic carbocycles.